The average Bonchev–Trinajstić information content (AvgIpc) is 3.24. The minimum absolute atomic E-state index is 0.171. The minimum atomic E-state index is 0.171. The molecule has 3 aromatic carbocycles. The molecule has 146 valence electrons. The zero-order chi connectivity index (χ0) is 20.4. The van der Waals surface area contributed by atoms with Gasteiger partial charge in [0.25, 0.3) is 0 Å². The number of aromatic nitrogens is 2. The molecule has 4 aromatic rings. The number of ether oxygens (including phenoxy) is 1. The van der Waals surface area contributed by atoms with Crippen molar-refractivity contribution in [1.29, 1.82) is 0 Å². The number of nitrogens with zero attached hydrogens (tertiary/aromatic N) is 1. The Bertz CT molecular complexity index is 1080. The number of aromatic amines is 1. The monoisotopic (exact) mass is 382 g/mol. The fourth-order valence-electron chi connectivity index (χ4n) is 3.38. The number of H-pyrrole nitrogens is 1. The van der Waals surface area contributed by atoms with Gasteiger partial charge in [-0.05, 0) is 58.0 Å². The van der Waals surface area contributed by atoms with E-state index in [1.807, 2.05) is 24.3 Å². The molecule has 0 amide bonds. The molecule has 0 radical (unpaired) electrons. The van der Waals surface area contributed by atoms with Crippen molar-refractivity contribution in [3.63, 3.8) is 0 Å². The molecule has 0 unspecified atom stereocenters. The number of hydrogen-bond donors (Lipinski definition) is 1. The van der Waals surface area contributed by atoms with Crippen LogP contribution in [0.4, 0.5) is 0 Å². The second-order valence-electron chi connectivity index (χ2n) is 8.30. The van der Waals surface area contributed by atoms with Crippen molar-refractivity contribution in [1.82, 2.24) is 10.2 Å². The topological polar surface area (TPSA) is 37.9 Å². The van der Waals surface area contributed by atoms with Crippen molar-refractivity contribution >= 4 is 0 Å². The van der Waals surface area contributed by atoms with Crippen LogP contribution < -0.4 is 4.74 Å². The molecule has 0 aliphatic heterocycles. The lowest BCUT2D eigenvalue weighted by molar-refractivity contribution is 0.415. The lowest BCUT2D eigenvalue weighted by Crippen LogP contribution is -2.10. The molecule has 0 saturated heterocycles. The van der Waals surface area contributed by atoms with Gasteiger partial charge in [-0.1, -0.05) is 69.3 Å². The third kappa shape index (κ3) is 4.09. The Hall–Kier alpha value is -3.33. The first kappa shape index (κ1) is 19.0. The van der Waals surface area contributed by atoms with Crippen LogP contribution in [0.5, 0.6) is 5.75 Å². The average molecular weight is 383 g/mol. The maximum atomic E-state index is 5.22. The summed E-state index contributed by atoms with van der Waals surface area (Å²) in [6, 6.07) is 27.5. The molecule has 0 bridgehead atoms. The summed E-state index contributed by atoms with van der Waals surface area (Å²) in [5, 5.41) is 7.62. The first-order valence-corrected chi connectivity index (χ1v) is 9.85. The molecule has 1 heterocycles. The molecule has 0 aliphatic rings. The van der Waals surface area contributed by atoms with E-state index in [0.717, 1.165) is 28.3 Å². The molecule has 0 fully saturated rings. The number of nitrogens with one attached hydrogen (secondary N) is 1. The Morgan fingerprint density at radius 1 is 0.690 bits per heavy atom. The number of hydrogen-bond acceptors (Lipinski definition) is 2. The highest BCUT2D eigenvalue weighted by Crippen LogP contribution is 2.29. The molecular weight excluding hydrogens is 356 g/mol. The Morgan fingerprint density at radius 2 is 1.21 bits per heavy atom. The maximum absolute atomic E-state index is 5.22. The van der Waals surface area contributed by atoms with Gasteiger partial charge in [-0.25, -0.2) is 0 Å². The van der Waals surface area contributed by atoms with Crippen LogP contribution in [0.3, 0.4) is 0 Å². The Labute approximate surface area is 172 Å². The van der Waals surface area contributed by atoms with E-state index in [9.17, 15) is 0 Å². The van der Waals surface area contributed by atoms with Crippen molar-refractivity contribution in [2.24, 2.45) is 0 Å². The molecule has 3 nitrogen and oxygen atoms in total. The minimum Gasteiger partial charge on any atom is -0.497 e. The largest absolute Gasteiger partial charge is 0.497 e. The van der Waals surface area contributed by atoms with E-state index in [1.165, 1.54) is 16.7 Å². The number of benzene rings is 3. The van der Waals surface area contributed by atoms with Gasteiger partial charge >= 0.3 is 0 Å². The van der Waals surface area contributed by atoms with Crippen LogP contribution in [0.15, 0.2) is 78.9 Å². The first-order valence-electron chi connectivity index (χ1n) is 9.85. The zero-order valence-electron chi connectivity index (χ0n) is 17.4. The first-order chi connectivity index (χ1) is 13.9. The standard InChI is InChI=1S/C26H26N2O/c1-26(2,3)22-13-9-19(10-14-22)18-5-7-20(8-6-18)24-17-25(28-27-24)21-11-15-23(29-4)16-12-21/h5-17H,1-4H3,(H,27,28). The summed E-state index contributed by atoms with van der Waals surface area (Å²) in [7, 11) is 1.67. The van der Waals surface area contributed by atoms with Crippen LogP contribution in [-0.4, -0.2) is 17.3 Å². The van der Waals surface area contributed by atoms with Gasteiger partial charge in [0.05, 0.1) is 18.5 Å². The van der Waals surface area contributed by atoms with Crippen molar-refractivity contribution in [3.8, 4) is 39.4 Å². The molecule has 29 heavy (non-hydrogen) atoms. The third-order valence-electron chi connectivity index (χ3n) is 5.24. The van der Waals surface area contributed by atoms with Gasteiger partial charge in [-0.15, -0.1) is 0 Å². The van der Waals surface area contributed by atoms with Crippen molar-refractivity contribution in [3.05, 3.63) is 84.4 Å². The fraction of sp³-hybridized carbons (Fsp3) is 0.192. The zero-order valence-corrected chi connectivity index (χ0v) is 17.4. The summed E-state index contributed by atoms with van der Waals surface area (Å²) in [6.45, 7) is 6.71. The smallest absolute Gasteiger partial charge is 0.118 e. The second-order valence-corrected chi connectivity index (χ2v) is 8.30. The highest BCUT2D eigenvalue weighted by atomic mass is 16.5. The molecule has 3 heteroatoms. The molecular formula is C26H26N2O. The third-order valence-corrected chi connectivity index (χ3v) is 5.24. The highest BCUT2D eigenvalue weighted by molar-refractivity contribution is 5.72. The van der Waals surface area contributed by atoms with Gasteiger partial charge in [-0.3, -0.25) is 5.10 Å². The van der Waals surface area contributed by atoms with Gasteiger partial charge in [0.2, 0.25) is 0 Å². The van der Waals surface area contributed by atoms with Crippen molar-refractivity contribution in [2.75, 3.05) is 7.11 Å². The molecule has 0 atom stereocenters. The van der Waals surface area contributed by atoms with Crippen LogP contribution in [-0.2, 0) is 5.41 Å². The van der Waals surface area contributed by atoms with Crippen LogP contribution in [0.2, 0.25) is 0 Å². The van der Waals surface area contributed by atoms with E-state index >= 15 is 0 Å². The summed E-state index contributed by atoms with van der Waals surface area (Å²) in [4.78, 5) is 0. The Balaban J connectivity index is 1.54. The van der Waals surface area contributed by atoms with Crippen LogP contribution in [0, 0.1) is 0 Å². The SMILES string of the molecule is COc1ccc(-c2cc(-c3ccc(-c4ccc(C(C)(C)C)cc4)cc3)[nH]n2)cc1. The summed E-state index contributed by atoms with van der Waals surface area (Å²) < 4.78 is 5.22. The Kier molecular flexibility index (Phi) is 4.98. The summed E-state index contributed by atoms with van der Waals surface area (Å²) in [5.74, 6) is 0.843. The normalized spacial score (nSPS) is 11.4. The van der Waals surface area contributed by atoms with E-state index in [0.29, 0.717) is 0 Å². The van der Waals surface area contributed by atoms with Crippen molar-refractivity contribution < 1.29 is 4.74 Å². The molecule has 0 aliphatic carbocycles. The van der Waals surface area contributed by atoms with Gasteiger partial charge < -0.3 is 4.74 Å². The Morgan fingerprint density at radius 3 is 1.76 bits per heavy atom. The summed E-state index contributed by atoms with van der Waals surface area (Å²) in [6.07, 6.45) is 0. The van der Waals surface area contributed by atoms with E-state index in [1.54, 1.807) is 7.11 Å². The van der Waals surface area contributed by atoms with E-state index in [4.69, 9.17) is 4.74 Å². The van der Waals surface area contributed by atoms with Crippen LogP contribution in [0.25, 0.3) is 33.6 Å². The van der Waals surface area contributed by atoms with Gasteiger partial charge in [0.1, 0.15) is 5.75 Å². The lowest BCUT2D eigenvalue weighted by Gasteiger charge is -2.19. The fourth-order valence-corrected chi connectivity index (χ4v) is 3.38. The predicted octanol–water partition coefficient (Wildman–Crippen LogP) is 6.72. The second kappa shape index (κ2) is 7.59. The molecule has 1 N–H and O–H groups in total. The van der Waals surface area contributed by atoms with Gasteiger partial charge in [0.15, 0.2) is 0 Å². The summed E-state index contributed by atoms with van der Waals surface area (Å²) >= 11 is 0. The van der Waals surface area contributed by atoms with E-state index < -0.39 is 0 Å². The van der Waals surface area contributed by atoms with Crippen LogP contribution in [0.1, 0.15) is 26.3 Å². The van der Waals surface area contributed by atoms with E-state index in [2.05, 4.69) is 85.6 Å². The molecule has 0 spiro atoms. The number of methoxy groups -OCH3 is 1. The van der Waals surface area contributed by atoms with Crippen molar-refractivity contribution in [2.45, 2.75) is 26.2 Å². The molecule has 1 aromatic heterocycles. The maximum Gasteiger partial charge on any atom is 0.118 e. The quantitative estimate of drug-likeness (QED) is 0.425. The summed E-state index contributed by atoms with van der Waals surface area (Å²) in [5.41, 5.74) is 8.06. The lowest BCUT2D eigenvalue weighted by atomic mass is 9.86. The van der Waals surface area contributed by atoms with Gasteiger partial charge in [0, 0.05) is 5.56 Å². The number of rotatable bonds is 4. The van der Waals surface area contributed by atoms with Crippen LogP contribution >= 0.6 is 0 Å². The van der Waals surface area contributed by atoms with Gasteiger partial charge in [-0.2, -0.15) is 5.10 Å². The van der Waals surface area contributed by atoms with E-state index in [-0.39, 0.29) is 5.41 Å². The predicted molar refractivity (Wildman–Crippen MR) is 120 cm³/mol. The highest BCUT2D eigenvalue weighted by Gasteiger charge is 2.13. The molecule has 0 saturated carbocycles. The molecule has 4 rings (SSSR count).